The van der Waals surface area contributed by atoms with Crippen LogP contribution in [0.1, 0.15) is 12.5 Å². The summed E-state index contributed by atoms with van der Waals surface area (Å²) in [7, 11) is 0. The van der Waals surface area contributed by atoms with Crippen LogP contribution in [0.25, 0.3) is 11.4 Å². The van der Waals surface area contributed by atoms with Gasteiger partial charge in [-0.05, 0) is 31.2 Å². The molecule has 0 bridgehead atoms. The highest BCUT2D eigenvalue weighted by Gasteiger charge is 2.20. The number of aromatic nitrogens is 3. The van der Waals surface area contributed by atoms with Crippen LogP contribution in [0, 0.1) is 11.3 Å². The highest BCUT2D eigenvalue weighted by Crippen LogP contribution is 2.27. The predicted molar refractivity (Wildman–Crippen MR) is 111 cm³/mol. The SMILES string of the molecule is C=CCn1c(S[C@@H](C)C(=O)Nc2ccc(C#N)cc2)nnc1-c1ccccc1. The van der Waals surface area contributed by atoms with Gasteiger partial charge in [0.25, 0.3) is 0 Å². The molecule has 3 aromatic rings. The van der Waals surface area contributed by atoms with Gasteiger partial charge in [-0.1, -0.05) is 48.2 Å². The molecule has 1 atom stereocenters. The quantitative estimate of drug-likeness (QED) is 0.485. The number of nitriles is 1. The van der Waals surface area contributed by atoms with Gasteiger partial charge in [-0.2, -0.15) is 5.26 Å². The first kappa shape index (κ1) is 19.4. The molecule has 3 rings (SSSR count). The summed E-state index contributed by atoms with van der Waals surface area (Å²) in [6.07, 6.45) is 1.78. The number of rotatable bonds is 7. The maximum atomic E-state index is 12.5. The number of carbonyl (C=O) groups excluding carboxylic acids is 1. The summed E-state index contributed by atoms with van der Waals surface area (Å²) in [5.74, 6) is 0.590. The number of nitrogens with one attached hydrogen (secondary N) is 1. The normalized spacial score (nSPS) is 11.4. The van der Waals surface area contributed by atoms with Crippen molar-refractivity contribution in [2.45, 2.75) is 23.9 Å². The summed E-state index contributed by atoms with van der Waals surface area (Å²) in [4.78, 5) is 12.5. The van der Waals surface area contributed by atoms with Gasteiger partial charge in [0.1, 0.15) is 0 Å². The molecule has 7 heteroatoms. The predicted octanol–water partition coefficient (Wildman–Crippen LogP) is 4.12. The lowest BCUT2D eigenvalue weighted by atomic mass is 10.2. The van der Waals surface area contributed by atoms with E-state index in [2.05, 4.69) is 28.2 Å². The van der Waals surface area contributed by atoms with E-state index in [9.17, 15) is 4.79 Å². The molecule has 0 radical (unpaired) electrons. The third-order valence-electron chi connectivity index (χ3n) is 3.99. The zero-order chi connectivity index (χ0) is 19.9. The zero-order valence-corrected chi connectivity index (χ0v) is 16.2. The molecule has 6 nitrogen and oxygen atoms in total. The molecule has 1 heterocycles. The fraction of sp³-hybridized carbons (Fsp3) is 0.143. The second kappa shape index (κ2) is 9.02. The molecule has 0 saturated heterocycles. The summed E-state index contributed by atoms with van der Waals surface area (Å²) in [6, 6.07) is 18.6. The number of anilines is 1. The Kier molecular flexibility index (Phi) is 6.25. The van der Waals surface area contributed by atoms with Crippen molar-refractivity contribution in [1.29, 1.82) is 5.26 Å². The van der Waals surface area contributed by atoms with Gasteiger partial charge in [-0.15, -0.1) is 16.8 Å². The van der Waals surface area contributed by atoms with Gasteiger partial charge in [-0.3, -0.25) is 9.36 Å². The average molecular weight is 389 g/mol. The third-order valence-corrected chi connectivity index (χ3v) is 5.07. The van der Waals surface area contributed by atoms with Gasteiger partial charge >= 0.3 is 0 Å². The van der Waals surface area contributed by atoms with Crippen LogP contribution in [0.2, 0.25) is 0 Å². The second-order valence-electron chi connectivity index (χ2n) is 6.01. The van der Waals surface area contributed by atoms with E-state index in [1.165, 1.54) is 11.8 Å². The highest BCUT2D eigenvalue weighted by atomic mass is 32.2. The molecule has 0 fully saturated rings. The molecule has 1 N–H and O–H groups in total. The summed E-state index contributed by atoms with van der Waals surface area (Å²) in [5, 5.41) is 20.6. The van der Waals surface area contributed by atoms with Gasteiger partial charge in [0.05, 0.1) is 16.9 Å². The Labute approximate surface area is 167 Å². The maximum Gasteiger partial charge on any atom is 0.237 e. The van der Waals surface area contributed by atoms with Crippen LogP contribution in [0.4, 0.5) is 5.69 Å². The largest absolute Gasteiger partial charge is 0.325 e. The zero-order valence-electron chi connectivity index (χ0n) is 15.4. The first-order valence-corrected chi connectivity index (χ1v) is 9.57. The van der Waals surface area contributed by atoms with Gasteiger partial charge < -0.3 is 5.32 Å². The van der Waals surface area contributed by atoms with Crippen LogP contribution in [-0.4, -0.2) is 25.9 Å². The molecule has 28 heavy (non-hydrogen) atoms. The Balaban J connectivity index is 1.74. The smallest absolute Gasteiger partial charge is 0.237 e. The van der Waals surface area contributed by atoms with Crippen molar-refractivity contribution in [2.75, 3.05) is 5.32 Å². The van der Waals surface area contributed by atoms with Crippen LogP contribution in [0.3, 0.4) is 0 Å². The van der Waals surface area contributed by atoms with Crippen molar-refractivity contribution < 1.29 is 4.79 Å². The van der Waals surface area contributed by atoms with E-state index < -0.39 is 0 Å². The number of amides is 1. The van der Waals surface area contributed by atoms with Crippen molar-refractivity contribution in [3.8, 4) is 17.5 Å². The van der Waals surface area contributed by atoms with Crippen LogP contribution >= 0.6 is 11.8 Å². The standard InChI is InChI=1S/C21H19N5OS/c1-3-13-26-19(17-7-5-4-6-8-17)24-25-21(26)28-15(2)20(27)23-18-11-9-16(14-22)10-12-18/h3-12,15H,1,13H2,2H3,(H,23,27)/t15-/m0/s1. The van der Waals surface area contributed by atoms with Crippen molar-refractivity contribution in [1.82, 2.24) is 14.8 Å². The lowest BCUT2D eigenvalue weighted by Crippen LogP contribution is -2.23. The molecule has 1 amide bonds. The number of allylic oxidation sites excluding steroid dienone is 1. The highest BCUT2D eigenvalue weighted by molar-refractivity contribution is 8.00. The van der Waals surface area contributed by atoms with Crippen molar-refractivity contribution in [3.05, 3.63) is 72.8 Å². The van der Waals surface area contributed by atoms with Crippen molar-refractivity contribution in [2.24, 2.45) is 0 Å². The minimum atomic E-state index is -0.382. The number of benzene rings is 2. The fourth-order valence-corrected chi connectivity index (χ4v) is 3.41. The van der Waals surface area contributed by atoms with Gasteiger partial charge in [0.2, 0.25) is 5.91 Å². The topological polar surface area (TPSA) is 83.6 Å². The van der Waals surface area contributed by atoms with Crippen molar-refractivity contribution in [3.63, 3.8) is 0 Å². The molecule has 0 aliphatic heterocycles. The van der Waals surface area contributed by atoms with E-state index in [0.29, 0.717) is 23.0 Å². The summed E-state index contributed by atoms with van der Waals surface area (Å²) in [6.45, 7) is 6.17. The van der Waals surface area contributed by atoms with Gasteiger partial charge in [0.15, 0.2) is 11.0 Å². The summed E-state index contributed by atoms with van der Waals surface area (Å²) >= 11 is 1.34. The van der Waals surface area contributed by atoms with E-state index >= 15 is 0 Å². The third kappa shape index (κ3) is 4.48. The minimum Gasteiger partial charge on any atom is -0.325 e. The van der Waals surface area contributed by atoms with Crippen LogP contribution in [-0.2, 0) is 11.3 Å². The molecule has 0 unspecified atom stereocenters. The molecular formula is C21H19N5OS. The summed E-state index contributed by atoms with van der Waals surface area (Å²) < 4.78 is 1.94. The molecule has 1 aromatic heterocycles. The Bertz CT molecular complexity index is 1010. The number of carbonyl (C=O) groups is 1. The second-order valence-corrected chi connectivity index (χ2v) is 7.32. The lowest BCUT2D eigenvalue weighted by Gasteiger charge is -2.13. The Hall–Kier alpha value is -3.37. The van der Waals surface area contributed by atoms with E-state index in [0.717, 1.165) is 11.4 Å². The first-order valence-electron chi connectivity index (χ1n) is 8.69. The molecule has 0 aliphatic rings. The maximum absolute atomic E-state index is 12.5. The molecule has 0 spiro atoms. The summed E-state index contributed by atoms with van der Waals surface area (Å²) in [5.41, 5.74) is 2.15. The van der Waals surface area contributed by atoms with Crippen molar-refractivity contribution >= 4 is 23.4 Å². The van der Waals surface area contributed by atoms with E-state index in [1.807, 2.05) is 41.8 Å². The Morgan fingerprint density at radius 1 is 1.25 bits per heavy atom. The minimum absolute atomic E-state index is 0.149. The molecule has 0 saturated carbocycles. The van der Waals surface area contributed by atoms with Crippen LogP contribution in [0.15, 0.2) is 72.4 Å². The van der Waals surface area contributed by atoms with E-state index in [1.54, 1.807) is 30.3 Å². The molecule has 2 aromatic carbocycles. The van der Waals surface area contributed by atoms with Crippen LogP contribution < -0.4 is 5.32 Å². The molecule has 140 valence electrons. The molecular weight excluding hydrogens is 370 g/mol. The average Bonchev–Trinajstić information content (AvgIpc) is 3.11. The Morgan fingerprint density at radius 2 is 1.96 bits per heavy atom. The lowest BCUT2D eigenvalue weighted by molar-refractivity contribution is -0.115. The van der Waals surface area contributed by atoms with E-state index in [-0.39, 0.29) is 11.2 Å². The van der Waals surface area contributed by atoms with Gasteiger partial charge in [-0.25, -0.2) is 0 Å². The number of thioether (sulfide) groups is 1. The van der Waals surface area contributed by atoms with Gasteiger partial charge in [0, 0.05) is 17.8 Å². The van der Waals surface area contributed by atoms with E-state index in [4.69, 9.17) is 5.26 Å². The molecule has 0 aliphatic carbocycles. The number of hydrogen-bond donors (Lipinski definition) is 1. The Morgan fingerprint density at radius 3 is 2.61 bits per heavy atom. The monoisotopic (exact) mass is 389 g/mol. The number of nitrogens with zero attached hydrogens (tertiary/aromatic N) is 4. The number of hydrogen-bond acceptors (Lipinski definition) is 5. The van der Waals surface area contributed by atoms with Crippen LogP contribution in [0.5, 0.6) is 0 Å². The fourth-order valence-electron chi connectivity index (χ4n) is 2.55. The first-order chi connectivity index (χ1) is 13.6.